The number of nitrogens with zero attached hydrogens (tertiary/aromatic N) is 1. The van der Waals surface area contributed by atoms with Gasteiger partial charge in [0.1, 0.15) is 10.4 Å². The molecule has 1 saturated heterocycles. The summed E-state index contributed by atoms with van der Waals surface area (Å²) in [6, 6.07) is 6.53. The molecule has 2 rings (SSSR count). The Morgan fingerprint density at radius 2 is 2.20 bits per heavy atom. The van der Waals surface area contributed by atoms with E-state index < -0.39 is 17.9 Å². The first-order chi connectivity index (χ1) is 11.8. The van der Waals surface area contributed by atoms with E-state index in [0.29, 0.717) is 9.23 Å². The largest absolute Gasteiger partial charge is 0.480 e. The third-order valence-corrected chi connectivity index (χ3v) is 5.20. The molecule has 0 bridgehead atoms. The Morgan fingerprint density at radius 3 is 2.84 bits per heavy atom. The zero-order valence-electron chi connectivity index (χ0n) is 13.2. The molecule has 1 aromatic carbocycles. The van der Waals surface area contributed by atoms with Crippen LogP contribution in [0.4, 0.5) is 0 Å². The van der Waals surface area contributed by atoms with Crippen LogP contribution in [0.5, 0.6) is 0 Å². The number of halogens is 1. The monoisotopic (exact) mass is 442 g/mol. The SMILES string of the molecule is CC(NC(=O)CCN1C(=O)/C(=C/c2cccc(Br)c2)SC1=S)C(=O)O. The van der Waals surface area contributed by atoms with E-state index in [1.54, 1.807) is 6.08 Å². The van der Waals surface area contributed by atoms with Crippen molar-refractivity contribution in [2.45, 2.75) is 19.4 Å². The maximum Gasteiger partial charge on any atom is 0.325 e. The van der Waals surface area contributed by atoms with Gasteiger partial charge in [0.2, 0.25) is 5.91 Å². The molecular weight excluding hydrogens is 428 g/mol. The van der Waals surface area contributed by atoms with Crippen molar-refractivity contribution < 1.29 is 19.5 Å². The van der Waals surface area contributed by atoms with Gasteiger partial charge in [-0.05, 0) is 30.7 Å². The molecule has 1 unspecified atom stereocenters. The Bertz CT molecular complexity index is 766. The van der Waals surface area contributed by atoms with Crippen LogP contribution in [0.25, 0.3) is 6.08 Å². The van der Waals surface area contributed by atoms with Crippen LogP contribution < -0.4 is 5.32 Å². The lowest BCUT2D eigenvalue weighted by Gasteiger charge is -2.15. The van der Waals surface area contributed by atoms with Gasteiger partial charge >= 0.3 is 5.97 Å². The summed E-state index contributed by atoms with van der Waals surface area (Å²) in [5.74, 6) is -1.81. The van der Waals surface area contributed by atoms with E-state index in [2.05, 4.69) is 21.2 Å². The van der Waals surface area contributed by atoms with E-state index in [1.807, 2.05) is 24.3 Å². The number of thiocarbonyl (C=S) groups is 1. The van der Waals surface area contributed by atoms with E-state index in [4.69, 9.17) is 17.3 Å². The molecule has 0 aromatic heterocycles. The predicted molar refractivity (Wildman–Crippen MR) is 104 cm³/mol. The molecule has 2 amide bonds. The van der Waals surface area contributed by atoms with Crippen molar-refractivity contribution in [2.75, 3.05) is 6.54 Å². The number of aliphatic carboxylic acids is 1. The van der Waals surface area contributed by atoms with Gasteiger partial charge in [0.15, 0.2) is 0 Å². The molecule has 0 radical (unpaired) electrons. The van der Waals surface area contributed by atoms with Crippen molar-refractivity contribution in [2.24, 2.45) is 0 Å². The fourth-order valence-electron chi connectivity index (χ4n) is 2.03. The van der Waals surface area contributed by atoms with Crippen molar-refractivity contribution >= 4 is 68.1 Å². The van der Waals surface area contributed by atoms with Crippen LogP contribution in [0, 0.1) is 0 Å². The maximum atomic E-state index is 12.5. The zero-order chi connectivity index (χ0) is 18.6. The minimum Gasteiger partial charge on any atom is -0.480 e. The lowest BCUT2D eigenvalue weighted by Crippen LogP contribution is -2.40. The van der Waals surface area contributed by atoms with Gasteiger partial charge in [0.25, 0.3) is 5.91 Å². The quantitative estimate of drug-likeness (QED) is 0.520. The molecule has 0 saturated carbocycles. The van der Waals surface area contributed by atoms with Gasteiger partial charge < -0.3 is 10.4 Å². The Balaban J connectivity index is 1.99. The molecule has 1 atom stereocenters. The first-order valence-electron chi connectivity index (χ1n) is 7.31. The van der Waals surface area contributed by atoms with Crippen molar-refractivity contribution in [1.82, 2.24) is 10.2 Å². The number of hydrogen-bond donors (Lipinski definition) is 2. The fourth-order valence-corrected chi connectivity index (χ4v) is 3.75. The lowest BCUT2D eigenvalue weighted by molar-refractivity contribution is -0.141. The summed E-state index contributed by atoms with van der Waals surface area (Å²) >= 11 is 9.77. The van der Waals surface area contributed by atoms with Gasteiger partial charge in [-0.2, -0.15) is 0 Å². The second-order valence-electron chi connectivity index (χ2n) is 5.27. The highest BCUT2D eigenvalue weighted by molar-refractivity contribution is 9.10. The van der Waals surface area contributed by atoms with Crippen molar-refractivity contribution in [3.63, 3.8) is 0 Å². The van der Waals surface area contributed by atoms with Crippen LogP contribution >= 0.6 is 39.9 Å². The Morgan fingerprint density at radius 1 is 1.48 bits per heavy atom. The molecule has 1 heterocycles. The standard InChI is InChI=1S/C16H15BrN2O4S2/c1-9(15(22)23)18-13(20)5-6-19-14(21)12(25-16(19)24)8-10-3-2-4-11(17)7-10/h2-4,7-9H,5-6H2,1H3,(H,18,20)(H,22,23)/b12-8-. The third kappa shape index (κ3) is 5.38. The number of nitrogens with one attached hydrogen (secondary N) is 1. The minimum atomic E-state index is -1.11. The summed E-state index contributed by atoms with van der Waals surface area (Å²) in [4.78, 5) is 36.8. The molecule has 1 aliphatic heterocycles. The molecule has 1 aromatic rings. The van der Waals surface area contributed by atoms with Gasteiger partial charge in [0.05, 0.1) is 4.91 Å². The first kappa shape index (κ1) is 19.6. The molecule has 25 heavy (non-hydrogen) atoms. The van der Waals surface area contributed by atoms with Crippen LogP contribution in [0.1, 0.15) is 18.9 Å². The normalized spacial score (nSPS) is 17.0. The predicted octanol–water partition coefficient (Wildman–Crippen LogP) is 2.63. The topological polar surface area (TPSA) is 86.7 Å². The van der Waals surface area contributed by atoms with Crippen LogP contribution in [0.2, 0.25) is 0 Å². The smallest absolute Gasteiger partial charge is 0.325 e. The zero-order valence-corrected chi connectivity index (χ0v) is 16.4. The van der Waals surface area contributed by atoms with Gasteiger partial charge in [0, 0.05) is 17.4 Å². The summed E-state index contributed by atoms with van der Waals surface area (Å²) in [5, 5.41) is 11.1. The second-order valence-corrected chi connectivity index (χ2v) is 7.86. The number of amides is 2. The van der Waals surface area contributed by atoms with Gasteiger partial charge in [-0.3, -0.25) is 19.3 Å². The highest BCUT2D eigenvalue weighted by atomic mass is 79.9. The fraction of sp³-hybridized carbons (Fsp3) is 0.250. The van der Waals surface area contributed by atoms with Crippen LogP contribution in [-0.2, 0) is 14.4 Å². The second kappa shape index (κ2) is 8.59. The van der Waals surface area contributed by atoms with Crippen LogP contribution in [0.3, 0.4) is 0 Å². The average Bonchev–Trinajstić information content (AvgIpc) is 2.79. The molecule has 2 N–H and O–H groups in total. The van der Waals surface area contributed by atoms with E-state index in [-0.39, 0.29) is 18.9 Å². The molecule has 1 fully saturated rings. The van der Waals surface area contributed by atoms with E-state index in [9.17, 15) is 14.4 Å². The van der Waals surface area contributed by atoms with Gasteiger partial charge in [-0.1, -0.05) is 52.0 Å². The highest BCUT2D eigenvalue weighted by Gasteiger charge is 2.32. The number of thioether (sulfide) groups is 1. The third-order valence-electron chi connectivity index (χ3n) is 3.33. The molecule has 6 nitrogen and oxygen atoms in total. The first-order valence-corrected chi connectivity index (χ1v) is 9.33. The molecule has 132 valence electrons. The number of hydrogen-bond acceptors (Lipinski definition) is 5. The van der Waals surface area contributed by atoms with Crippen LogP contribution in [-0.4, -0.2) is 44.7 Å². The number of carboxylic acid groups (broad SMARTS) is 1. The molecule has 0 aliphatic carbocycles. The molecule has 1 aliphatic rings. The maximum absolute atomic E-state index is 12.5. The van der Waals surface area contributed by atoms with Gasteiger partial charge in [-0.25, -0.2) is 0 Å². The minimum absolute atomic E-state index is 0.0196. The summed E-state index contributed by atoms with van der Waals surface area (Å²) in [6.07, 6.45) is 1.73. The van der Waals surface area contributed by atoms with E-state index in [0.717, 1.165) is 10.0 Å². The Kier molecular flexibility index (Phi) is 6.74. The highest BCUT2D eigenvalue weighted by Crippen LogP contribution is 2.32. The number of carbonyl (C=O) groups excluding carboxylic acids is 2. The van der Waals surface area contributed by atoms with Crippen molar-refractivity contribution in [1.29, 1.82) is 0 Å². The lowest BCUT2D eigenvalue weighted by atomic mass is 10.2. The molecular formula is C16H15BrN2O4S2. The van der Waals surface area contributed by atoms with Crippen LogP contribution in [0.15, 0.2) is 33.6 Å². The van der Waals surface area contributed by atoms with Gasteiger partial charge in [-0.15, -0.1) is 0 Å². The summed E-state index contributed by atoms with van der Waals surface area (Å²) < 4.78 is 1.28. The summed E-state index contributed by atoms with van der Waals surface area (Å²) in [5.41, 5.74) is 0.864. The average molecular weight is 443 g/mol. The number of rotatable bonds is 6. The Labute approximate surface area is 162 Å². The summed E-state index contributed by atoms with van der Waals surface area (Å²) in [6.45, 7) is 1.49. The number of benzene rings is 1. The van der Waals surface area contributed by atoms with E-state index >= 15 is 0 Å². The molecule has 9 heteroatoms. The number of carboxylic acids is 1. The summed E-state index contributed by atoms with van der Waals surface area (Å²) in [7, 11) is 0. The Hall–Kier alpha value is -1.71. The molecule has 0 spiro atoms. The van der Waals surface area contributed by atoms with E-state index in [1.165, 1.54) is 23.6 Å². The number of carbonyl (C=O) groups is 3. The van der Waals surface area contributed by atoms with Crippen molar-refractivity contribution in [3.05, 3.63) is 39.2 Å². The van der Waals surface area contributed by atoms with Crippen molar-refractivity contribution in [3.8, 4) is 0 Å².